The van der Waals surface area contributed by atoms with Crippen molar-refractivity contribution in [2.45, 2.75) is 6.61 Å². The molecule has 21 heavy (non-hydrogen) atoms. The molecule has 106 valence electrons. The topological polar surface area (TPSA) is 96.7 Å². The van der Waals surface area contributed by atoms with Gasteiger partial charge in [0.25, 0.3) is 0 Å². The summed E-state index contributed by atoms with van der Waals surface area (Å²) in [5.74, 6) is 17.1. The number of rotatable bonds is 2. The van der Waals surface area contributed by atoms with E-state index >= 15 is 0 Å². The van der Waals surface area contributed by atoms with Crippen LogP contribution in [0.3, 0.4) is 0 Å². The number of hydrazine groups is 1. The number of hydrogen-bond donors (Lipinski definition) is 4. The van der Waals surface area contributed by atoms with E-state index in [1.54, 1.807) is 0 Å². The Labute approximate surface area is 123 Å². The first-order valence-corrected chi connectivity index (χ1v) is 6.34. The first-order chi connectivity index (χ1) is 10.3. The average molecular weight is 280 g/mol. The predicted molar refractivity (Wildman–Crippen MR) is 82.8 cm³/mol. The zero-order valence-electron chi connectivity index (χ0n) is 11.4. The summed E-state index contributed by atoms with van der Waals surface area (Å²) in [6, 6.07) is 14.9. The van der Waals surface area contributed by atoms with Gasteiger partial charge in [0.05, 0.1) is 6.61 Å². The van der Waals surface area contributed by atoms with Crippen molar-refractivity contribution in [2.75, 3.05) is 0 Å². The van der Waals surface area contributed by atoms with Gasteiger partial charge in [-0.3, -0.25) is 0 Å². The molecule has 2 aromatic carbocycles. The third kappa shape index (κ3) is 3.60. The molecule has 0 saturated heterocycles. The molecular weight excluding hydrogens is 264 g/mol. The standard InChI is InChI=1S/C16H16N4O/c17-19-16(20-18)14-7-3-4-12(10-14)8-9-13-5-1-2-6-15(13)11-21/h1-7,10,21H,11,17-18H2,(H,19,20). The molecule has 0 heterocycles. The maximum absolute atomic E-state index is 9.28. The summed E-state index contributed by atoms with van der Waals surface area (Å²) >= 11 is 0. The van der Waals surface area contributed by atoms with Crippen molar-refractivity contribution in [1.29, 1.82) is 0 Å². The van der Waals surface area contributed by atoms with Gasteiger partial charge < -0.3 is 16.4 Å². The van der Waals surface area contributed by atoms with Gasteiger partial charge in [-0.15, -0.1) is 0 Å². The summed E-state index contributed by atoms with van der Waals surface area (Å²) in [5.41, 5.74) is 5.59. The Hall–Kier alpha value is -2.81. The number of hydrazone groups is 1. The molecule has 5 nitrogen and oxygen atoms in total. The van der Waals surface area contributed by atoms with E-state index in [0.717, 1.165) is 22.3 Å². The van der Waals surface area contributed by atoms with Crippen LogP contribution in [-0.4, -0.2) is 10.9 Å². The van der Waals surface area contributed by atoms with Gasteiger partial charge in [-0.2, -0.15) is 5.10 Å². The van der Waals surface area contributed by atoms with Crippen molar-refractivity contribution < 1.29 is 5.11 Å². The number of nitrogens with zero attached hydrogens (tertiary/aromatic N) is 1. The fourth-order valence-corrected chi connectivity index (χ4v) is 1.86. The van der Waals surface area contributed by atoms with E-state index in [0.29, 0.717) is 5.84 Å². The summed E-state index contributed by atoms with van der Waals surface area (Å²) in [6.07, 6.45) is 0. The summed E-state index contributed by atoms with van der Waals surface area (Å²) in [5, 5.41) is 12.8. The van der Waals surface area contributed by atoms with Crippen LogP contribution in [0.25, 0.3) is 0 Å². The van der Waals surface area contributed by atoms with Gasteiger partial charge in [0, 0.05) is 16.7 Å². The number of aliphatic hydroxyl groups is 1. The quantitative estimate of drug-likeness (QED) is 0.214. The van der Waals surface area contributed by atoms with Crippen molar-refractivity contribution in [2.24, 2.45) is 16.8 Å². The molecule has 0 spiro atoms. The molecule has 0 unspecified atom stereocenters. The van der Waals surface area contributed by atoms with Gasteiger partial charge in [-0.05, 0) is 23.8 Å². The minimum atomic E-state index is -0.0357. The number of amidine groups is 1. The second-order valence-electron chi connectivity index (χ2n) is 4.27. The highest BCUT2D eigenvalue weighted by Crippen LogP contribution is 2.08. The molecule has 0 fully saturated rings. The molecule has 2 aromatic rings. The molecule has 0 bridgehead atoms. The number of benzene rings is 2. The third-order valence-corrected chi connectivity index (χ3v) is 2.93. The monoisotopic (exact) mass is 280 g/mol. The maximum atomic E-state index is 9.28. The second-order valence-corrected chi connectivity index (χ2v) is 4.27. The van der Waals surface area contributed by atoms with Crippen LogP contribution in [0, 0.1) is 11.8 Å². The van der Waals surface area contributed by atoms with Crippen LogP contribution >= 0.6 is 0 Å². The molecule has 0 radical (unpaired) electrons. The SMILES string of the molecule is N/N=C(\NN)c1cccc(C#Cc2ccccc2CO)c1. The lowest BCUT2D eigenvalue weighted by Gasteiger charge is -2.04. The largest absolute Gasteiger partial charge is 0.392 e. The highest BCUT2D eigenvalue weighted by Gasteiger charge is 2.01. The number of nitrogens with one attached hydrogen (secondary N) is 1. The number of hydrogen-bond acceptors (Lipinski definition) is 4. The van der Waals surface area contributed by atoms with E-state index in [-0.39, 0.29) is 6.61 Å². The summed E-state index contributed by atoms with van der Waals surface area (Å²) in [4.78, 5) is 0. The molecule has 0 aliphatic heterocycles. The molecule has 2 rings (SSSR count). The molecule has 0 aromatic heterocycles. The van der Waals surface area contributed by atoms with Crippen LogP contribution in [0.15, 0.2) is 53.6 Å². The Bertz CT molecular complexity index is 713. The molecule has 5 heteroatoms. The first kappa shape index (κ1) is 14.6. The second kappa shape index (κ2) is 7.10. The fourth-order valence-electron chi connectivity index (χ4n) is 1.86. The Balaban J connectivity index is 2.33. The van der Waals surface area contributed by atoms with Crippen molar-refractivity contribution in [1.82, 2.24) is 5.43 Å². The molecule has 6 N–H and O–H groups in total. The van der Waals surface area contributed by atoms with Crippen LogP contribution in [0.1, 0.15) is 22.3 Å². The molecule has 0 aliphatic rings. The van der Waals surface area contributed by atoms with Crippen LogP contribution in [0.2, 0.25) is 0 Å². The van der Waals surface area contributed by atoms with E-state index in [1.165, 1.54) is 0 Å². The third-order valence-electron chi connectivity index (χ3n) is 2.93. The fraction of sp³-hybridized carbons (Fsp3) is 0.0625. The minimum Gasteiger partial charge on any atom is -0.392 e. The van der Waals surface area contributed by atoms with Crippen LogP contribution in [0.4, 0.5) is 0 Å². The van der Waals surface area contributed by atoms with E-state index in [4.69, 9.17) is 11.7 Å². The molecule has 0 atom stereocenters. The smallest absolute Gasteiger partial charge is 0.166 e. The Morgan fingerprint density at radius 1 is 1.14 bits per heavy atom. The highest BCUT2D eigenvalue weighted by molar-refractivity contribution is 5.98. The minimum absolute atomic E-state index is 0.0357. The summed E-state index contributed by atoms with van der Waals surface area (Å²) in [7, 11) is 0. The van der Waals surface area contributed by atoms with E-state index in [1.807, 2.05) is 48.5 Å². The van der Waals surface area contributed by atoms with E-state index in [9.17, 15) is 5.11 Å². The zero-order valence-corrected chi connectivity index (χ0v) is 11.4. The van der Waals surface area contributed by atoms with Crippen molar-refractivity contribution in [3.63, 3.8) is 0 Å². The lowest BCUT2D eigenvalue weighted by molar-refractivity contribution is 0.281. The lowest BCUT2D eigenvalue weighted by atomic mass is 10.1. The first-order valence-electron chi connectivity index (χ1n) is 6.34. The summed E-state index contributed by atoms with van der Waals surface area (Å²) < 4.78 is 0. The highest BCUT2D eigenvalue weighted by atomic mass is 16.3. The maximum Gasteiger partial charge on any atom is 0.166 e. The van der Waals surface area contributed by atoms with Crippen molar-refractivity contribution in [3.05, 3.63) is 70.8 Å². The van der Waals surface area contributed by atoms with Gasteiger partial charge in [-0.1, -0.05) is 42.2 Å². The summed E-state index contributed by atoms with van der Waals surface area (Å²) in [6.45, 7) is -0.0357. The Morgan fingerprint density at radius 3 is 2.67 bits per heavy atom. The van der Waals surface area contributed by atoms with Gasteiger partial charge >= 0.3 is 0 Å². The predicted octanol–water partition coefficient (Wildman–Crippen LogP) is 0.662. The Morgan fingerprint density at radius 2 is 1.95 bits per heavy atom. The molecular formula is C16H16N4O. The van der Waals surface area contributed by atoms with Crippen molar-refractivity contribution in [3.8, 4) is 11.8 Å². The van der Waals surface area contributed by atoms with Gasteiger partial charge in [0.2, 0.25) is 0 Å². The van der Waals surface area contributed by atoms with Crippen LogP contribution < -0.4 is 17.1 Å². The molecule has 0 amide bonds. The van der Waals surface area contributed by atoms with Gasteiger partial charge in [0.15, 0.2) is 5.84 Å². The van der Waals surface area contributed by atoms with Crippen LogP contribution in [-0.2, 0) is 6.61 Å². The lowest BCUT2D eigenvalue weighted by Crippen LogP contribution is -2.32. The van der Waals surface area contributed by atoms with Gasteiger partial charge in [0.1, 0.15) is 0 Å². The van der Waals surface area contributed by atoms with Crippen LogP contribution in [0.5, 0.6) is 0 Å². The normalized spacial score (nSPS) is 10.7. The zero-order chi connectivity index (χ0) is 15.1. The van der Waals surface area contributed by atoms with Crippen molar-refractivity contribution >= 4 is 5.84 Å². The molecule has 0 aliphatic carbocycles. The Kier molecular flexibility index (Phi) is 4.94. The van der Waals surface area contributed by atoms with E-state index in [2.05, 4.69) is 22.4 Å². The number of nitrogens with two attached hydrogens (primary N) is 2. The van der Waals surface area contributed by atoms with E-state index < -0.39 is 0 Å². The average Bonchev–Trinajstić information content (AvgIpc) is 2.55. The van der Waals surface area contributed by atoms with Gasteiger partial charge in [-0.25, -0.2) is 5.84 Å². The molecule has 0 saturated carbocycles. The number of aliphatic hydroxyl groups excluding tert-OH is 1.